The third-order valence-electron chi connectivity index (χ3n) is 3.15. The Morgan fingerprint density at radius 2 is 2.23 bits per heavy atom. The lowest BCUT2D eigenvalue weighted by atomic mass is 10.1. The summed E-state index contributed by atoms with van der Waals surface area (Å²) in [4.78, 5) is 30.0. The molecule has 0 atom stereocenters. The lowest BCUT2D eigenvalue weighted by Gasteiger charge is -2.01. The average molecular weight is 298 g/mol. The summed E-state index contributed by atoms with van der Waals surface area (Å²) in [5.41, 5.74) is 7.38. The van der Waals surface area contributed by atoms with Crippen molar-refractivity contribution in [2.24, 2.45) is 5.73 Å². The van der Waals surface area contributed by atoms with Gasteiger partial charge in [0.25, 0.3) is 0 Å². The summed E-state index contributed by atoms with van der Waals surface area (Å²) in [6.45, 7) is -0.0225. The zero-order valence-corrected chi connectivity index (χ0v) is 11.6. The normalized spacial score (nSPS) is 10.7. The summed E-state index contributed by atoms with van der Waals surface area (Å²) in [6.07, 6.45) is 8.45. The maximum absolute atomic E-state index is 12.1. The zero-order valence-electron chi connectivity index (χ0n) is 11.6. The molecule has 0 unspecified atom stereocenters. The Bertz CT molecular complexity index is 835. The Labute approximate surface area is 125 Å². The first-order valence-corrected chi connectivity index (χ1v) is 6.62. The van der Waals surface area contributed by atoms with Crippen molar-refractivity contribution >= 4 is 28.4 Å². The third kappa shape index (κ3) is 2.95. The van der Waals surface area contributed by atoms with Gasteiger partial charge in [0.05, 0.1) is 30.0 Å². The molecule has 3 rings (SSSR count). The number of pyridine rings is 1. The maximum Gasteiger partial charge on any atom is 0.239 e. The number of H-pyrrole nitrogens is 1. The molecule has 0 radical (unpaired) electrons. The van der Waals surface area contributed by atoms with Crippen LogP contribution in [0.4, 0.5) is 5.69 Å². The second kappa shape index (κ2) is 5.68. The first-order chi connectivity index (χ1) is 10.6. The number of carbonyl (C=O) groups is 2. The highest BCUT2D eigenvalue weighted by Gasteiger charge is 2.10. The minimum absolute atomic E-state index is 0.0225. The van der Waals surface area contributed by atoms with Gasteiger partial charge in [-0.05, 0) is 11.6 Å². The van der Waals surface area contributed by atoms with Crippen LogP contribution in [0.25, 0.3) is 10.9 Å². The van der Waals surface area contributed by atoms with Gasteiger partial charge in [-0.2, -0.15) is 5.10 Å². The average Bonchev–Trinajstić information content (AvgIpc) is 3.06. The lowest BCUT2D eigenvalue weighted by molar-refractivity contribution is -0.118. The Hall–Kier alpha value is -3.16. The smallest absolute Gasteiger partial charge is 0.239 e. The van der Waals surface area contributed by atoms with Crippen LogP contribution in [-0.2, 0) is 22.6 Å². The summed E-state index contributed by atoms with van der Waals surface area (Å²) in [6, 6.07) is 1.86. The third-order valence-corrected chi connectivity index (χ3v) is 3.15. The molecule has 3 heterocycles. The van der Waals surface area contributed by atoms with Crippen LogP contribution in [0.1, 0.15) is 5.56 Å². The van der Waals surface area contributed by atoms with Crippen LogP contribution in [-0.4, -0.2) is 31.6 Å². The van der Waals surface area contributed by atoms with E-state index < -0.39 is 5.91 Å². The van der Waals surface area contributed by atoms with E-state index in [1.807, 2.05) is 6.07 Å². The summed E-state index contributed by atoms with van der Waals surface area (Å²) in [5, 5.41) is 7.64. The van der Waals surface area contributed by atoms with Crippen LogP contribution in [0.5, 0.6) is 0 Å². The second-order valence-corrected chi connectivity index (χ2v) is 4.85. The van der Waals surface area contributed by atoms with E-state index in [2.05, 4.69) is 20.4 Å². The SMILES string of the molecule is NC(=O)Cn1cc(NC(=O)Cc2c[nH]c3cnccc23)cn1. The molecule has 4 N–H and O–H groups in total. The Morgan fingerprint density at radius 3 is 3.05 bits per heavy atom. The summed E-state index contributed by atoms with van der Waals surface area (Å²) in [5.74, 6) is -0.662. The van der Waals surface area contributed by atoms with Crippen LogP contribution < -0.4 is 11.1 Å². The quantitative estimate of drug-likeness (QED) is 0.632. The van der Waals surface area contributed by atoms with Crippen molar-refractivity contribution in [3.05, 3.63) is 42.6 Å². The number of fused-ring (bicyclic) bond motifs is 1. The summed E-state index contributed by atoms with van der Waals surface area (Å²) in [7, 11) is 0. The van der Waals surface area contributed by atoms with Gasteiger partial charge in [0.15, 0.2) is 0 Å². The van der Waals surface area contributed by atoms with Gasteiger partial charge in [-0.25, -0.2) is 0 Å². The molecule has 8 heteroatoms. The van der Waals surface area contributed by atoms with Crippen molar-refractivity contribution in [1.29, 1.82) is 0 Å². The minimum Gasteiger partial charge on any atom is -0.368 e. The van der Waals surface area contributed by atoms with E-state index in [4.69, 9.17) is 5.73 Å². The van der Waals surface area contributed by atoms with Gasteiger partial charge in [-0.15, -0.1) is 0 Å². The fourth-order valence-corrected chi connectivity index (χ4v) is 2.23. The highest BCUT2D eigenvalue weighted by Crippen LogP contribution is 2.17. The number of aromatic amines is 1. The van der Waals surface area contributed by atoms with Crippen LogP contribution in [0.2, 0.25) is 0 Å². The van der Waals surface area contributed by atoms with E-state index in [9.17, 15) is 9.59 Å². The van der Waals surface area contributed by atoms with Crippen molar-refractivity contribution in [2.75, 3.05) is 5.32 Å². The molecule has 0 aromatic carbocycles. The summed E-state index contributed by atoms with van der Waals surface area (Å²) >= 11 is 0. The fourth-order valence-electron chi connectivity index (χ4n) is 2.23. The molecule has 0 aliphatic carbocycles. The van der Waals surface area contributed by atoms with Crippen molar-refractivity contribution in [3.8, 4) is 0 Å². The number of hydrogen-bond acceptors (Lipinski definition) is 4. The molecule has 0 saturated carbocycles. The number of hydrogen-bond donors (Lipinski definition) is 3. The van der Waals surface area contributed by atoms with Crippen molar-refractivity contribution in [2.45, 2.75) is 13.0 Å². The van der Waals surface area contributed by atoms with Gasteiger partial charge in [-0.1, -0.05) is 0 Å². The number of nitrogens with one attached hydrogen (secondary N) is 2. The molecule has 0 saturated heterocycles. The van der Waals surface area contributed by atoms with Gasteiger partial charge >= 0.3 is 0 Å². The number of nitrogens with two attached hydrogens (primary N) is 1. The van der Waals surface area contributed by atoms with Crippen LogP contribution >= 0.6 is 0 Å². The summed E-state index contributed by atoms with van der Waals surface area (Å²) < 4.78 is 1.37. The maximum atomic E-state index is 12.1. The Balaban J connectivity index is 1.67. The number of nitrogens with zero attached hydrogens (tertiary/aromatic N) is 3. The molecule has 2 amide bonds. The van der Waals surface area contributed by atoms with Crippen molar-refractivity contribution in [1.82, 2.24) is 19.7 Å². The van der Waals surface area contributed by atoms with E-state index in [1.165, 1.54) is 10.9 Å². The number of primary amides is 1. The molecule has 3 aromatic rings. The van der Waals surface area contributed by atoms with Gasteiger partial charge in [-0.3, -0.25) is 19.3 Å². The van der Waals surface area contributed by atoms with E-state index >= 15 is 0 Å². The van der Waals surface area contributed by atoms with Crippen LogP contribution in [0.15, 0.2) is 37.1 Å². The Morgan fingerprint density at radius 1 is 1.36 bits per heavy atom. The Kier molecular flexibility index (Phi) is 3.57. The molecular formula is C14H14N6O2. The number of rotatable bonds is 5. The number of aromatic nitrogens is 4. The molecule has 3 aromatic heterocycles. The topological polar surface area (TPSA) is 119 Å². The minimum atomic E-state index is -0.492. The molecular weight excluding hydrogens is 284 g/mol. The number of carbonyl (C=O) groups excluding carboxylic acids is 2. The largest absolute Gasteiger partial charge is 0.368 e. The van der Waals surface area contributed by atoms with Crippen molar-refractivity contribution < 1.29 is 9.59 Å². The number of anilines is 1. The monoisotopic (exact) mass is 298 g/mol. The van der Waals surface area contributed by atoms with Crippen molar-refractivity contribution in [3.63, 3.8) is 0 Å². The van der Waals surface area contributed by atoms with Gasteiger partial charge < -0.3 is 16.0 Å². The van der Waals surface area contributed by atoms with E-state index in [-0.39, 0.29) is 18.9 Å². The first kappa shape index (κ1) is 13.8. The predicted octanol–water partition coefficient (Wildman–Crippen LogP) is 0.426. The fraction of sp³-hybridized carbons (Fsp3) is 0.143. The van der Waals surface area contributed by atoms with Crippen LogP contribution in [0.3, 0.4) is 0 Å². The van der Waals surface area contributed by atoms with Crippen LogP contribution in [0, 0.1) is 0 Å². The molecule has 0 spiro atoms. The molecule has 0 fully saturated rings. The zero-order chi connectivity index (χ0) is 15.5. The molecule has 0 bridgehead atoms. The van der Waals surface area contributed by atoms with E-state index in [1.54, 1.807) is 24.8 Å². The van der Waals surface area contributed by atoms with E-state index in [0.29, 0.717) is 5.69 Å². The lowest BCUT2D eigenvalue weighted by Crippen LogP contribution is -2.18. The number of amides is 2. The highest BCUT2D eigenvalue weighted by molar-refractivity contribution is 5.95. The predicted molar refractivity (Wildman–Crippen MR) is 79.8 cm³/mol. The molecule has 0 aliphatic rings. The van der Waals surface area contributed by atoms with Gasteiger partial charge in [0.1, 0.15) is 6.54 Å². The van der Waals surface area contributed by atoms with Gasteiger partial charge in [0.2, 0.25) is 11.8 Å². The van der Waals surface area contributed by atoms with Gasteiger partial charge in [0, 0.05) is 24.0 Å². The molecule has 112 valence electrons. The standard InChI is InChI=1S/C14H14N6O2/c15-13(21)8-20-7-10(5-18-20)19-14(22)3-9-4-17-12-6-16-2-1-11(9)12/h1-2,4-7,17H,3,8H2,(H2,15,21)(H,19,22). The molecule has 0 aliphatic heterocycles. The first-order valence-electron chi connectivity index (χ1n) is 6.62. The van der Waals surface area contributed by atoms with E-state index in [0.717, 1.165) is 16.5 Å². The highest BCUT2D eigenvalue weighted by atomic mass is 16.2. The molecule has 8 nitrogen and oxygen atoms in total. The second-order valence-electron chi connectivity index (χ2n) is 4.85. The molecule has 22 heavy (non-hydrogen) atoms.